The maximum atomic E-state index is 10.5. The summed E-state index contributed by atoms with van der Waals surface area (Å²) in [4.78, 5) is 17.0. The lowest BCUT2D eigenvalue weighted by Gasteiger charge is -2.38. The number of rotatable bonds is 2. The van der Waals surface area contributed by atoms with Crippen molar-refractivity contribution in [2.24, 2.45) is 0 Å². The predicted octanol–water partition coefficient (Wildman–Crippen LogP) is -2.08. The first-order chi connectivity index (χ1) is 6.72. The molecule has 0 aromatic carbocycles. The normalized spacial score (nSPS) is 42.9. The zero-order valence-corrected chi connectivity index (χ0v) is 8.69. The van der Waals surface area contributed by atoms with Gasteiger partial charge in [-0.2, -0.15) is 0 Å². The first-order valence-electron chi connectivity index (χ1n) is 4.16. The Hall–Kier alpha value is -0.0500. The van der Waals surface area contributed by atoms with Crippen LogP contribution < -0.4 is 0 Å². The number of phosphoric acid groups is 1. The monoisotopic (exact) mass is 244 g/mol. The molecule has 1 rings (SSSR count). The molecule has 1 unspecified atom stereocenters. The van der Waals surface area contributed by atoms with Crippen LogP contribution in [0.15, 0.2) is 0 Å². The van der Waals surface area contributed by atoms with E-state index in [4.69, 9.17) is 14.5 Å². The van der Waals surface area contributed by atoms with Crippen molar-refractivity contribution in [3.8, 4) is 0 Å². The maximum Gasteiger partial charge on any atom is 0.472 e. The minimum absolute atomic E-state index is 0.903. The minimum Gasteiger partial charge on any atom is -0.388 e. The second-order valence-electron chi connectivity index (χ2n) is 3.28. The van der Waals surface area contributed by atoms with Gasteiger partial charge >= 0.3 is 7.82 Å². The second-order valence-corrected chi connectivity index (χ2v) is 4.47. The number of ether oxygens (including phenoxy) is 1. The molecular formula is C6H13O8P. The standard InChI is InChI=1S/C6H13O8P/c1-2-3(7)4(8)5(9)6(13-2)14-15(10,11)12/h2-9H,1H3,(H2,10,11,12)/t2-,3-,4+,5-,6?/m1/s1. The molecule has 90 valence electrons. The molecule has 0 radical (unpaired) electrons. The van der Waals surface area contributed by atoms with E-state index in [-0.39, 0.29) is 0 Å². The van der Waals surface area contributed by atoms with Gasteiger partial charge in [0.2, 0.25) is 0 Å². The topological polar surface area (TPSA) is 137 Å². The summed E-state index contributed by atoms with van der Waals surface area (Å²) >= 11 is 0. The summed E-state index contributed by atoms with van der Waals surface area (Å²) in [6, 6.07) is 0. The van der Waals surface area contributed by atoms with Crippen LogP contribution in [0, 0.1) is 0 Å². The number of hydrogen-bond acceptors (Lipinski definition) is 6. The van der Waals surface area contributed by atoms with E-state index in [2.05, 4.69) is 4.52 Å². The highest BCUT2D eigenvalue weighted by molar-refractivity contribution is 7.46. The third-order valence-electron chi connectivity index (χ3n) is 2.05. The Morgan fingerprint density at radius 3 is 2.13 bits per heavy atom. The van der Waals surface area contributed by atoms with Crippen molar-refractivity contribution in [3.05, 3.63) is 0 Å². The molecule has 1 fully saturated rings. The quantitative estimate of drug-likeness (QED) is 0.349. The fraction of sp³-hybridized carbons (Fsp3) is 1.00. The highest BCUT2D eigenvalue weighted by atomic mass is 31.2. The molecule has 8 nitrogen and oxygen atoms in total. The molecule has 15 heavy (non-hydrogen) atoms. The SMILES string of the molecule is C[C@H]1OC(OP(=O)(O)O)[C@H](O)[C@@H](O)[C@@H]1O. The van der Waals surface area contributed by atoms with Crippen molar-refractivity contribution in [2.45, 2.75) is 37.6 Å². The summed E-state index contributed by atoms with van der Waals surface area (Å²) in [5, 5.41) is 27.8. The van der Waals surface area contributed by atoms with E-state index in [1.54, 1.807) is 0 Å². The van der Waals surface area contributed by atoms with Crippen molar-refractivity contribution in [1.29, 1.82) is 0 Å². The van der Waals surface area contributed by atoms with Crippen molar-refractivity contribution >= 4 is 7.82 Å². The number of aliphatic hydroxyl groups is 3. The summed E-state index contributed by atoms with van der Waals surface area (Å²) in [5.41, 5.74) is 0. The summed E-state index contributed by atoms with van der Waals surface area (Å²) in [6.45, 7) is 1.37. The van der Waals surface area contributed by atoms with Crippen molar-refractivity contribution in [2.75, 3.05) is 0 Å². The third kappa shape index (κ3) is 3.20. The molecular weight excluding hydrogens is 231 g/mol. The lowest BCUT2D eigenvalue weighted by molar-refractivity contribution is -0.271. The van der Waals surface area contributed by atoms with Gasteiger partial charge in [0.15, 0.2) is 6.29 Å². The van der Waals surface area contributed by atoms with E-state index in [9.17, 15) is 19.9 Å². The fourth-order valence-corrected chi connectivity index (χ4v) is 1.68. The Morgan fingerprint density at radius 1 is 1.13 bits per heavy atom. The predicted molar refractivity (Wildman–Crippen MR) is 45.5 cm³/mol. The molecule has 0 aromatic heterocycles. The largest absolute Gasteiger partial charge is 0.472 e. The van der Waals surface area contributed by atoms with E-state index in [0.29, 0.717) is 0 Å². The number of hydrogen-bond donors (Lipinski definition) is 5. The van der Waals surface area contributed by atoms with Gasteiger partial charge in [-0.25, -0.2) is 4.57 Å². The third-order valence-corrected chi connectivity index (χ3v) is 2.53. The van der Waals surface area contributed by atoms with Crippen LogP contribution in [0.25, 0.3) is 0 Å². The molecule has 0 spiro atoms. The molecule has 1 heterocycles. The van der Waals surface area contributed by atoms with Crippen molar-refractivity contribution in [3.63, 3.8) is 0 Å². The van der Waals surface area contributed by atoms with Crippen LogP contribution in [0.1, 0.15) is 6.92 Å². The lowest BCUT2D eigenvalue weighted by atomic mass is 10.0. The van der Waals surface area contributed by atoms with E-state index in [1.807, 2.05) is 0 Å². The minimum atomic E-state index is -4.82. The van der Waals surface area contributed by atoms with Crippen LogP contribution in [-0.4, -0.2) is 55.8 Å². The Labute approximate surface area is 85.3 Å². The van der Waals surface area contributed by atoms with Crippen LogP contribution >= 0.6 is 7.82 Å². The molecule has 1 saturated heterocycles. The molecule has 1 aliphatic heterocycles. The van der Waals surface area contributed by atoms with Gasteiger partial charge < -0.3 is 29.8 Å². The smallest absolute Gasteiger partial charge is 0.388 e. The Bertz CT molecular complexity index is 264. The van der Waals surface area contributed by atoms with Gasteiger partial charge in [-0.15, -0.1) is 0 Å². The highest BCUT2D eigenvalue weighted by Gasteiger charge is 2.44. The average Bonchev–Trinajstić information content (AvgIpc) is 2.08. The molecule has 5 N–H and O–H groups in total. The van der Waals surface area contributed by atoms with Gasteiger partial charge in [-0.05, 0) is 6.92 Å². The molecule has 1 aliphatic rings. The fourth-order valence-electron chi connectivity index (χ4n) is 1.24. The van der Waals surface area contributed by atoms with E-state index >= 15 is 0 Å². The Balaban J connectivity index is 2.71. The van der Waals surface area contributed by atoms with E-state index in [0.717, 1.165) is 0 Å². The zero-order chi connectivity index (χ0) is 11.8. The van der Waals surface area contributed by atoms with Crippen LogP contribution in [0.4, 0.5) is 0 Å². The van der Waals surface area contributed by atoms with E-state index in [1.165, 1.54) is 6.92 Å². The van der Waals surface area contributed by atoms with Crippen LogP contribution in [0.5, 0.6) is 0 Å². The number of phosphoric ester groups is 1. The molecule has 9 heteroatoms. The van der Waals surface area contributed by atoms with Crippen LogP contribution in [-0.2, 0) is 13.8 Å². The van der Waals surface area contributed by atoms with Gasteiger partial charge in [0, 0.05) is 0 Å². The zero-order valence-electron chi connectivity index (χ0n) is 7.79. The van der Waals surface area contributed by atoms with Crippen LogP contribution in [0.3, 0.4) is 0 Å². The van der Waals surface area contributed by atoms with Gasteiger partial charge in [-0.3, -0.25) is 4.52 Å². The maximum absolute atomic E-state index is 10.5. The number of aliphatic hydroxyl groups excluding tert-OH is 3. The van der Waals surface area contributed by atoms with Gasteiger partial charge in [-0.1, -0.05) is 0 Å². The first kappa shape index (κ1) is 13.0. The summed E-state index contributed by atoms with van der Waals surface area (Å²) in [5.74, 6) is 0. The van der Waals surface area contributed by atoms with Crippen molar-refractivity contribution < 1.29 is 38.9 Å². The summed E-state index contributed by atoms with van der Waals surface area (Å²) in [6.07, 6.45) is -7.20. The van der Waals surface area contributed by atoms with E-state index < -0.39 is 38.5 Å². The average molecular weight is 244 g/mol. The van der Waals surface area contributed by atoms with Crippen LogP contribution in [0.2, 0.25) is 0 Å². The lowest BCUT2D eigenvalue weighted by Crippen LogP contribution is -2.57. The Kier molecular flexibility index (Phi) is 3.85. The summed E-state index contributed by atoms with van der Waals surface area (Å²) in [7, 11) is -4.82. The molecule has 0 saturated carbocycles. The van der Waals surface area contributed by atoms with Gasteiger partial charge in [0.25, 0.3) is 0 Å². The first-order valence-corrected chi connectivity index (χ1v) is 5.69. The highest BCUT2D eigenvalue weighted by Crippen LogP contribution is 2.40. The second kappa shape index (κ2) is 4.44. The molecule has 0 amide bonds. The molecule has 0 aliphatic carbocycles. The molecule has 0 aromatic rings. The van der Waals surface area contributed by atoms with Crippen molar-refractivity contribution in [1.82, 2.24) is 0 Å². The van der Waals surface area contributed by atoms with Gasteiger partial charge in [0.05, 0.1) is 6.10 Å². The molecule has 5 atom stereocenters. The summed E-state index contributed by atoms with van der Waals surface area (Å²) < 4.78 is 19.4. The Morgan fingerprint density at radius 2 is 1.67 bits per heavy atom. The molecule has 0 bridgehead atoms. The van der Waals surface area contributed by atoms with Gasteiger partial charge in [0.1, 0.15) is 18.3 Å².